The second-order valence-corrected chi connectivity index (χ2v) is 6.61. The van der Waals surface area contributed by atoms with Gasteiger partial charge >= 0.3 is 0 Å². The molecule has 0 fully saturated rings. The Morgan fingerprint density at radius 3 is 2.58 bits per heavy atom. The summed E-state index contributed by atoms with van der Waals surface area (Å²) in [7, 11) is 0. The average molecular weight is 329 g/mol. The van der Waals surface area contributed by atoms with Crippen LogP contribution in [0, 0.1) is 5.92 Å². The lowest BCUT2D eigenvalue weighted by atomic mass is 10.1. The highest BCUT2D eigenvalue weighted by Crippen LogP contribution is 2.19. The molecule has 0 aromatic carbocycles. The summed E-state index contributed by atoms with van der Waals surface area (Å²) in [5.41, 5.74) is 0.728. The van der Waals surface area contributed by atoms with Crippen molar-refractivity contribution in [1.29, 1.82) is 0 Å². The van der Waals surface area contributed by atoms with Crippen LogP contribution in [0.25, 0.3) is 0 Å². The third-order valence-corrected chi connectivity index (χ3v) is 3.53. The molecule has 0 aliphatic rings. The number of rotatable bonds is 7. The van der Waals surface area contributed by atoms with Gasteiger partial charge in [-0.05, 0) is 48.2 Å². The molecule has 0 saturated heterocycles. The normalized spacial score (nSPS) is 11.3. The molecule has 0 aliphatic carbocycles. The van der Waals surface area contributed by atoms with E-state index in [0.717, 1.165) is 29.1 Å². The smallest absolute Gasteiger partial charge is 0.267 e. The van der Waals surface area contributed by atoms with Crippen molar-refractivity contribution in [1.82, 2.24) is 9.88 Å². The summed E-state index contributed by atoms with van der Waals surface area (Å²) < 4.78 is 2.94. The van der Waals surface area contributed by atoms with E-state index in [9.17, 15) is 4.79 Å². The third kappa shape index (κ3) is 5.39. The second kappa shape index (κ2) is 7.73. The molecule has 19 heavy (non-hydrogen) atoms. The fraction of sp³-hybridized carbons (Fsp3) is 0.667. The highest BCUT2D eigenvalue weighted by Gasteiger charge is 2.14. The van der Waals surface area contributed by atoms with E-state index in [1.54, 1.807) is 0 Å². The van der Waals surface area contributed by atoms with Crippen LogP contribution >= 0.6 is 15.9 Å². The molecule has 0 bridgehead atoms. The summed E-state index contributed by atoms with van der Waals surface area (Å²) in [4.78, 5) is 12.1. The Morgan fingerprint density at radius 1 is 1.32 bits per heavy atom. The summed E-state index contributed by atoms with van der Waals surface area (Å²) in [6, 6.07) is 2.16. The van der Waals surface area contributed by atoms with Gasteiger partial charge in [-0.15, -0.1) is 0 Å². The van der Waals surface area contributed by atoms with Gasteiger partial charge in [0, 0.05) is 23.3 Å². The molecule has 108 valence electrons. The van der Waals surface area contributed by atoms with E-state index in [1.807, 2.05) is 16.8 Å². The number of halogens is 1. The van der Waals surface area contributed by atoms with Gasteiger partial charge in [0.2, 0.25) is 0 Å². The molecule has 4 heteroatoms. The first kappa shape index (κ1) is 16.3. The van der Waals surface area contributed by atoms with Crippen LogP contribution in [-0.2, 0) is 0 Å². The van der Waals surface area contributed by atoms with Crippen LogP contribution in [-0.4, -0.2) is 17.0 Å². The van der Waals surface area contributed by atoms with E-state index < -0.39 is 0 Å². The van der Waals surface area contributed by atoms with Crippen LogP contribution in [0.2, 0.25) is 0 Å². The number of amides is 1. The standard InChI is InChI=1S/C15H25BrN2O/c1-11(2)7-5-6-8-17-15(19)14-9-13(16)10-18(14)12(3)4/h9-12H,5-8H2,1-4H3,(H,17,19). The molecular weight excluding hydrogens is 304 g/mol. The summed E-state index contributed by atoms with van der Waals surface area (Å²) in [5.74, 6) is 0.758. The summed E-state index contributed by atoms with van der Waals surface area (Å²) in [5, 5.41) is 3.00. The minimum atomic E-state index is 0.0175. The lowest BCUT2D eigenvalue weighted by Crippen LogP contribution is -2.27. The van der Waals surface area contributed by atoms with Gasteiger partial charge in [0.1, 0.15) is 5.69 Å². The van der Waals surface area contributed by atoms with Crippen LogP contribution < -0.4 is 5.32 Å². The van der Waals surface area contributed by atoms with Crippen molar-refractivity contribution in [2.24, 2.45) is 5.92 Å². The first-order valence-corrected chi connectivity index (χ1v) is 7.86. The highest BCUT2D eigenvalue weighted by atomic mass is 79.9. The van der Waals surface area contributed by atoms with Gasteiger partial charge in [0.15, 0.2) is 0 Å². The molecular formula is C15H25BrN2O. The molecule has 1 rings (SSSR count). The largest absolute Gasteiger partial charge is 0.351 e. The monoisotopic (exact) mass is 328 g/mol. The molecule has 1 aromatic rings. The van der Waals surface area contributed by atoms with Gasteiger partial charge in [-0.1, -0.05) is 26.7 Å². The third-order valence-electron chi connectivity index (χ3n) is 3.10. The Balaban J connectivity index is 2.45. The van der Waals surface area contributed by atoms with Gasteiger partial charge in [-0.2, -0.15) is 0 Å². The van der Waals surface area contributed by atoms with Gasteiger partial charge in [-0.25, -0.2) is 0 Å². The van der Waals surface area contributed by atoms with Crippen molar-refractivity contribution >= 4 is 21.8 Å². The molecule has 1 aromatic heterocycles. The van der Waals surface area contributed by atoms with Gasteiger partial charge < -0.3 is 9.88 Å². The van der Waals surface area contributed by atoms with Crippen molar-refractivity contribution in [3.05, 3.63) is 22.4 Å². The van der Waals surface area contributed by atoms with Crippen molar-refractivity contribution in [3.8, 4) is 0 Å². The van der Waals surface area contributed by atoms with E-state index in [-0.39, 0.29) is 11.9 Å². The number of carbonyl (C=O) groups is 1. The molecule has 0 saturated carbocycles. The van der Waals surface area contributed by atoms with Crippen LogP contribution in [0.1, 0.15) is 63.5 Å². The van der Waals surface area contributed by atoms with Crippen molar-refractivity contribution in [2.45, 2.75) is 53.0 Å². The Kier molecular flexibility index (Phi) is 6.63. The van der Waals surface area contributed by atoms with Crippen LogP contribution in [0.5, 0.6) is 0 Å². The average Bonchev–Trinajstić information content (AvgIpc) is 2.70. The maximum atomic E-state index is 12.1. The van der Waals surface area contributed by atoms with Crippen molar-refractivity contribution in [2.75, 3.05) is 6.54 Å². The summed E-state index contributed by atoms with van der Waals surface area (Å²) >= 11 is 3.43. The molecule has 3 nitrogen and oxygen atoms in total. The Hall–Kier alpha value is -0.770. The molecule has 0 atom stereocenters. The van der Waals surface area contributed by atoms with E-state index in [2.05, 4.69) is 48.9 Å². The van der Waals surface area contributed by atoms with Crippen LogP contribution in [0.3, 0.4) is 0 Å². The lowest BCUT2D eigenvalue weighted by Gasteiger charge is -2.12. The number of hydrogen-bond acceptors (Lipinski definition) is 1. The zero-order chi connectivity index (χ0) is 14.4. The van der Waals surface area contributed by atoms with Crippen molar-refractivity contribution < 1.29 is 4.79 Å². The first-order chi connectivity index (χ1) is 8.91. The molecule has 1 N–H and O–H groups in total. The zero-order valence-electron chi connectivity index (χ0n) is 12.4. The quantitative estimate of drug-likeness (QED) is 0.740. The summed E-state index contributed by atoms with van der Waals surface area (Å²) in [6.45, 7) is 9.36. The minimum Gasteiger partial charge on any atom is -0.351 e. The van der Waals surface area contributed by atoms with E-state index in [4.69, 9.17) is 0 Å². The highest BCUT2D eigenvalue weighted by molar-refractivity contribution is 9.10. The van der Waals surface area contributed by atoms with Crippen molar-refractivity contribution in [3.63, 3.8) is 0 Å². The first-order valence-electron chi connectivity index (χ1n) is 7.07. The fourth-order valence-corrected chi connectivity index (χ4v) is 2.46. The number of nitrogens with zero attached hydrogens (tertiary/aromatic N) is 1. The maximum absolute atomic E-state index is 12.1. The van der Waals surface area contributed by atoms with E-state index in [0.29, 0.717) is 0 Å². The minimum absolute atomic E-state index is 0.0175. The Bertz CT molecular complexity index is 410. The van der Waals surface area contributed by atoms with E-state index in [1.165, 1.54) is 12.8 Å². The molecule has 0 radical (unpaired) electrons. The lowest BCUT2D eigenvalue weighted by molar-refractivity contribution is 0.0942. The second-order valence-electron chi connectivity index (χ2n) is 5.69. The fourth-order valence-electron chi connectivity index (χ4n) is 2.02. The van der Waals surface area contributed by atoms with Gasteiger partial charge in [0.25, 0.3) is 5.91 Å². The van der Waals surface area contributed by atoms with E-state index >= 15 is 0 Å². The number of carbonyl (C=O) groups excluding carboxylic acids is 1. The molecule has 0 unspecified atom stereocenters. The number of hydrogen-bond donors (Lipinski definition) is 1. The Labute approximate surface area is 124 Å². The molecule has 1 heterocycles. The maximum Gasteiger partial charge on any atom is 0.267 e. The zero-order valence-corrected chi connectivity index (χ0v) is 14.0. The molecule has 1 amide bonds. The molecule has 0 aliphatic heterocycles. The Morgan fingerprint density at radius 2 is 2.00 bits per heavy atom. The predicted molar refractivity (Wildman–Crippen MR) is 83.5 cm³/mol. The molecule has 0 spiro atoms. The van der Waals surface area contributed by atoms with Gasteiger partial charge in [0.05, 0.1) is 0 Å². The van der Waals surface area contributed by atoms with Crippen LogP contribution in [0.4, 0.5) is 0 Å². The topological polar surface area (TPSA) is 34.0 Å². The number of aromatic nitrogens is 1. The number of unbranched alkanes of at least 4 members (excludes halogenated alkanes) is 1. The summed E-state index contributed by atoms with van der Waals surface area (Å²) in [6.07, 6.45) is 5.41. The number of nitrogens with one attached hydrogen (secondary N) is 1. The SMILES string of the molecule is CC(C)CCCCNC(=O)c1cc(Br)cn1C(C)C. The van der Waals surface area contributed by atoms with Crippen LogP contribution in [0.15, 0.2) is 16.7 Å². The predicted octanol–water partition coefficient (Wildman–Crippen LogP) is 4.39. The van der Waals surface area contributed by atoms with Gasteiger partial charge in [-0.3, -0.25) is 4.79 Å².